The summed E-state index contributed by atoms with van der Waals surface area (Å²) in [6.45, 7) is 7.68. The fourth-order valence-electron chi connectivity index (χ4n) is 11.0. The van der Waals surface area contributed by atoms with Crippen LogP contribution in [0.15, 0.2) is 48.5 Å². The summed E-state index contributed by atoms with van der Waals surface area (Å²) in [5, 5.41) is 34.5. The highest BCUT2D eigenvalue weighted by Gasteiger charge is 2.92. The van der Waals surface area contributed by atoms with E-state index >= 15 is 14.4 Å². The fourth-order valence-corrected chi connectivity index (χ4v) is 23.3. The van der Waals surface area contributed by atoms with E-state index in [0.717, 1.165) is 10.8 Å². The molecule has 52 heavy (non-hydrogen) atoms. The Morgan fingerprint density at radius 2 is 1.00 bits per heavy atom. The zero-order valence-electron chi connectivity index (χ0n) is 28.8. The van der Waals surface area contributed by atoms with Gasteiger partial charge in [-0.25, -0.2) is 0 Å². The first-order valence-electron chi connectivity index (χ1n) is 17.1. The molecule has 2 aromatic rings. The van der Waals surface area contributed by atoms with Crippen molar-refractivity contribution in [3.63, 3.8) is 0 Å². The second-order valence-corrected chi connectivity index (χ2v) is 24.1. The normalized spacial score (nSPS) is 43.7. The van der Waals surface area contributed by atoms with Crippen LogP contribution in [0.2, 0.25) is 0 Å². The number of fused-ring (bicyclic) bond motifs is 13. The van der Waals surface area contributed by atoms with E-state index in [9.17, 15) is 15.0 Å². The lowest BCUT2D eigenvalue weighted by atomic mass is 9.52. The number of anilines is 2. The van der Waals surface area contributed by atoms with Gasteiger partial charge in [-0.1, -0.05) is 74.9 Å². The molecule has 0 aromatic heterocycles. The van der Waals surface area contributed by atoms with Crippen molar-refractivity contribution in [3.05, 3.63) is 59.7 Å². The molecular formula is C34H36N6O6S6. The number of benzene rings is 2. The van der Waals surface area contributed by atoms with Crippen molar-refractivity contribution in [2.24, 2.45) is 11.8 Å². The van der Waals surface area contributed by atoms with Crippen molar-refractivity contribution in [1.82, 2.24) is 19.6 Å². The largest absolute Gasteiger partial charge is 0.388 e. The molecule has 2 aromatic carbocycles. The summed E-state index contributed by atoms with van der Waals surface area (Å²) >= 11 is 0. The topological polar surface area (TPSA) is 146 Å². The first-order chi connectivity index (χ1) is 24.7. The molecule has 18 heteroatoms. The number of carbonyl (C=O) groups is 4. The molecule has 10 aliphatic rings. The number of likely N-dealkylation sites (N-methyl/N-ethyl adjacent to an activating group) is 2. The number of hydrogen-bond donors (Lipinski definition) is 4. The van der Waals surface area contributed by atoms with Gasteiger partial charge in [-0.15, -0.1) is 0 Å². The number of aliphatic hydroxyl groups is 2. The van der Waals surface area contributed by atoms with Crippen LogP contribution in [-0.4, -0.2) is 112 Å². The van der Waals surface area contributed by atoms with Crippen LogP contribution in [0.3, 0.4) is 0 Å². The molecule has 4 amide bonds. The smallest absolute Gasteiger partial charge is 0.264 e. The summed E-state index contributed by atoms with van der Waals surface area (Å²) in [6, 6.07) is 14.9. The highest BCUT2D eigenvalue weighted by atomic mass is 33.7. The van der Waals surface area contributed by atoms with E-state index in [1.165, 1.54) is 61.8 Å². The fraction of sp³-hybridized carbons (Fsp3) is 0.529. The van der Waals surface area contributed by atoms with Gasteiger partial charge in [-0.05, 0) is 87.1 Å². The number of hydrogen-bond acceptors (Lipinski definition) is 14. The molecular weight excluding hydrogens is 781 g/mol. The first-order valence-corrected chi connectivity index (χ1v) is 24.1. The van der Waals surface area contributed by atoms with Crippen molar-refractivity contribution < 1.29 is 29.4 Å². The first kappa shape index (κ1) is 34.4. The Morgan fingerprint density at radius 3 is 1.46 bits per heavy atom. The minimum absolute atomic E-state index is 0.283. The van der Waals surface area contributed by atoms with Crippen LogP contribution in [0, 0.1) is 11.8 Å². The molecule has 274 valence electrons. The molecule has 0 aliphatic carbocycles. The average molecular weight is 817 g/mol. The van der Waals surface area contributed by atoms with Gasteiger partial charge in [-0.2, -0.15) is 0 Å². The molecule has 10 aliphatic heterocycles. The second kappa shape index (κ2) is 10.4. The molecule has 4 bridgehead atoms. The van der Waals surface area contributed by atoms with Crippen LogP contribution in [0.5, 0.6) is 0 Å². The Hall–Kier alpha value is -2.06. The number of para-hydroxylation sites is 2. The molecule has 12 nitrogen and oxygen atoms in total. The van der Waals surface area contributed by atoms with E-state index in [2.05, 4.69) is 10.6 Å². The van der Waals surface area contributed by atoms with Crippen molar-refractivity contribution in [2.45, 2.75) is 82.5 Å². The number of carbonyl (C=O) groups excluding carboxylic acids is 4. The number of aliphatic hydroxyl groups excluding tert-OH is 2. The minimum Gasteiger partial charge on any atom is -0.388 e. The maximum Gasteiger partial charge on any atom is 0.264 e. The average Bonchev–Trinajstić information content (AvgIpc) is 3.76. The Bertz CT molecular complexity index is 2050. The molecule has 10 atom stereocenters. The highest BCUT2D eigenvalue weighted by Crippen LogP contribution is 2.79. The maximum absolute atomic E-state index is 15.5. The summed E-state index contributed by atoms with van der Waals surface area (Å²) in [6.07, 6.45) is -5.37. The van der Waals surface area contributed by atoms with Gasteiger partial charge in [0.05, 0.1) is 10.8 Å². The van der Waals surface area contributed by atoms with E-state index in [1.807, 2.05) is 76.2 Å². The van der Waals surface area contributed by atoms with Gasteiger partial charge in [0, 0.05) is 25.5 Å². The number of nitrogens with one attached hydrogen (secondary N) is 2. The predicted octanol–water partition coefficient (Wildman–Crippen LogP) is 3.90. The van der Waals surface area contributed by atoms with Gasteiger partial charge in [-0.3, -0.25) is 29.0 Å². The van der Waals surface area contributed by atoms with Gasteiger partial charge in [0.1, 0.15) is 24.5 Å². The van der Waals surface area contributed by atoms with Gasteiger partial charge < -0.3 is 30.6 Å². The molecule has 4 N–H and O–H groups in total. The molecule has 5 unspecified atom stereocenters. The molecule has 12 rings (SSSR count). The van der Waals surface area contributed by atoms with Crippen molar-refractivity contribution in [1.29, 1.82) is 0 Å². The minimum atomic E-state index is -1.84. The van der Waals surface area contributed by atoms with E-state index in [0.29, 0.717) is 22.5 Å². The predicted molar refractivity (Wildman–Crippen MR) is 208 cm³/mol. The number of rotatable bonds is 3. The van der Waals surface area contributed by atoms with Crippen LogP contribution in [0.1, 0.15) is 38.8 Å². The monoisotopic (exact) mass is 816 g/mol. The summed E-state index contributed by atoms with van der Waals surface area (Å²) in [7, 11) is 11.0. The SMILES string of the molecule is CC(C)[C@@]12SSC3(C(=O)N1C)C(O)C1([C@@]45c6ccccc6N[C@@H]4N4C(=O)[C@@]6(C(C)C)SSSSC4(C(=O)N6C)C5O)c4ccccc4N[C@H]1N3C2=O. The Labute approximate surface area is 323 Å². The van der Waals surface area contributed by atoms with Crippen LogP contribution >= 0.6 is 62.8 Å². The molecule has 0 saturated carbocycles. The van der Waals surface area contributed by atoms with Crippen LogP contribution in [0.4, 0.5) is 11.4 Å². The zero-order chi connectivity index (χ0) is 36.7. The Kier molecular flexibility index (Phi) is 6.89. The number of nitrogens with zero attached hydrogens (tertiary/aromatic N) is 4. The Balaban J connectivity index is 1.34. The van der Waals surface area contributed by atoms with Crippen LogP contribution in [-0.2, 0) is 30.0 Å². The third-order valence-electron chi connectivity index (χ3n) is 13.2. The summed E-state index contributed by atoms with van der Waals surface area (Å²) in [5.74, 6) is -2.05. The van der Waals surface area contributed by atoms with Crippen molar-refractivity contribution in [3.8, 4) is 0 Å². The van der Waals surface area contributed by atoms with Crippen molar-refractivity contribution in [2.75, 3.05) is 24.7 Å². The third kappa shape index (κ3) is 3.09. The van der Waals surface area contributed by atoms with Crippen molar-refractivity contribution >= 4 is 97.8 Å². The van der Waals surface area contributed by atoms with Crippen LogP contribution < -0.4 is 10.6 Å². The van der Waals surface area contributed by atoms with Gasteiger partial charge in [0.2, 0.25) is 9.74 Å². The van der Waals surface area contributed by atoms with Gasteiger partial charge in [0.15, 0.2) is 9.74 Å². The summed E-state index contributed by atoms with van der Waals surface area (Å²) < 4.78 is 0. The summed E-state index contributed by atoms with van der Waals surface area (Å²) in [4.78, 5) is 61.0. The van der Waals surface area contributed by atoms with E-state index < -0.39 is 66.7 Å². The standard InChI is InChI=1S/C34H36N6O6S6/c1-15(2)31-27(45)39-23-29(17-11-7-9-13-19(17)35-23,21(41)33(39,48-47-31)25(43)37(31)5)30-18-12-8-10-14-20(18)36-24(30)40-28(46)32(16(3)4)38(6)26(44)34(40,22(30)42)50-52-51-49-32/h7-16,21-24,35-36,41-42H,1-6H3/t21?,22?,23-,24+,29?,30+,31-,32+,33?,34?/m0/s1. The summed E-state index contributed by atoms with van der Waals surface area (Å²) in [5.41, 5.74) is -0.877. The zero-order valence-corrected chi connectivity index (χ0v) is 33.7. The number of piperazine rings is 2. The molecule has 0 radical (unpaired) electrons. The Morgan fingerprint density at radius 1 is 0.596 bits per heavy atom. The molecule has 10 heterocycles. The van der Waals surface area contributed by atoms with Crippen LogP contribution in [0.25, 0.3) is 0 Å². The van der Waals surface area contributed by atoms with E-state index in [4.69, 9.17) is 0 Å². The third-order valence-corrected chi connectivity index (χ3v) is 24.6. The van der Waals surface area contributed by atoms with Gasteiger partial charge >= 0.3 is 0 Å². The van der Waals surface area contributed by atoms with Gasteiger partial charge in [0.25, 0.3) is 23.6 Å². The lowest BCUT2D eigenvalue weighted by molar-refractivity contribution is -0.169. The lowest BCUT2D eigenvalue weighted by Gasteiger charge is -2.60. The maximum atomic E-state index is 15.5. The highest BCUT2D eigenvalue weighted by molar-refractivity contribution is 9.26. The second-order valence-electron chi connectivity index (χ2n) is 15.4. The quantitative estimate of drug-likeness (QED) is 0.333. The lowest BCUT2D eigenvalue weighted by Crippen LogP contribution is -2.79. The molecule has 8 saturated heterocycles. The van der Waals surface area contributed by atoms with E-state index in [-0.39, 0.29) is 23.7 Å². The molecule has 2 spiro atoms. The molecule has 8 fully saturated rings. The number of amides is 4. The van der Waals surface area contributed by atoms with E-state index in [1.54, 1.807) is 23.9 Å².